The molecule has 0 fully saturated rings. The first kappa shape index (κ1) is 22.7. The molecule has 7 nitrogen and oxygen atoms in total. The number of hydrazone groups is 1. The van der Waals surface area contributed by atoms with Crippen molar-refractivity contribution in [2.24, 2.45) is 5.10 Å². The van der Waals surface area contributed by atoms with E-state index in [0.717, 1.165) is 16.3 Å². The van der Waals surface area contributed by atoms with Crippen molar-refractivity contribution in [2.45, 2.75) is 12.5 Å². The number of hydrogen-bond acceptors (Lipinski definition) is 6. The van der Waals surface area contributed by atoms with Crippen LogP contribution in [0, 0.1) is 0 Å². The van der Waals surface area contributed by atoms with Crippen molar-refractivity contribution in [3.63, 3.8) is 0 Å². The predicted octanol–water partition coefficient (Wildman–Crippen LogP) is 5.63. The van der Waals surface area contributed by atoms with E-state index in [2.05, 4.69) is 5.10 Å². The van der Waals surface area contributed by atoms with Crippen molar-refractivity contribution in [3.05, 3.63) is 101 Å². The van der Waals surface area contributed by atoms with E-state index >= 15 is 0 Å². The molecule has 0 radical (unpaired) electrons. The number of ether oxygens (including phenoxy) is 2. The first-order valence-corrected chi connectivity index (χ1v) is 11.3. The Morgan fingerprint density at radius 3 is 2.49 bits per heavy atom. The Kier molecular flexibility index (Phi) is 6.25. The third-order valence-electron chi connectivity index (χ3n) is 5.83. The summed E-state index contributed by atoms with van der Waals surface area (Å²) in [6.07, 6.45) is 2.00. The number of rotatable bonds is 6. The van der Waals surface area contributed by atoms with Crippen LogP contribution in [0.3, 0.4) is 0 Å². The van der Waals surface area contributed by atoms with Crippen LogP contribution in [-0.2, 0) is 9.53 Å². The number of fused-ring (bicyclic) bond motifs is 1. The van der Waals surface area contributed by atoms with Crippen LogP contribution in [0.25, 0.3) is 10.8 Å². The van der Waals surface area contributed by atoms with Crippen LogP contribution in [0.15, 0.2) is 88.6 Å². The van der Waals surface area contributed by atoms with Crippen molar-refractivity contribution < 1.29 is 23.5 Å². The summed E-state index contributed by atoms with van der Waals surface area (Å²) in [6.45, 7) is -0.483. The number of nitrogens with zero attached hydrogens (tertiary/aromatic N) is 2. The number of esters is 1. The van der Waals surface area contributed by atoms with Crippen LogP contribution < -0.4 is 4.74 Å². The van der Waals surface area contributed by atoms with E-state index in [0.29, 0.717) is 28.7 Å². The van der Waals surface area contributed by atoms with Gasteiger partial charge in [-0.2, -0.15) is 5.10 Å². The first-order valence-electron chi connectivity index (χ1n) is 11.0. The fraction of sp³-hybridized carbons (Fsp3) is 0.148. The fourth-order valence-electron chi connectivity index (χ4n) is 4.08. The van der Waals surface area contributed by atoms with Gasteiger partial charge in [0.15, 0.2) is 6.61 Å². The molecule has 1 aliphatic rings. The lowest BCUT2D eigenvalue weighted by atomic mass is 10.0. The van der Waals surface area contributed by atoms with Gasteiger partial charge in [0.2, 0.25) is 0 Å². The summed E-state index contributed by atoms with van der Waals surface area (Å²) < 4.78 is 16.3. The molecule has 0 spiro atoms. The molecule has 1 aromatic heterocycles. The number of halogens is 1. The summed E-state index contributed by atoms with van der Waals surface area (Å²) in [6, 6.07) is 21.4. The maximum absolute atomic E-state index is 13.1. The summed E-state index contributed by atoms with van der Waals surface area (Å²) in [4.78, 5) is 26.0. The SMILES string of the molecule is COc1cc2ccccc2cc1C(=O)OCC(=O)N1N=C(c2ccc(Cl)cc2)CC1c1ccco1. The standard InChI is InChI=1S/C27H21ClN2O5/c1-33-25-14-19-6-3-2-5-18(19)13-21(25)27(32)35-16-26(31)30-23(24-7-4-12-34-24)15-22(29-30)17-8-10-20(28)11-9-17/h2-14,23H,15-16H2,1H3. The number of carbonyl (C=O) groups excluding carboxylic acids is 2. The average Bonchev–Trinajstić information content (AvgIpc) is 3.57. The number of benzene rings is 3. The van der Waals surface area contributed by atoms with Gasteiger partial charge in [-0.05, 0) is 52.7 Å². The number of carbonyl (C=O) groups is 2. The molecule has 3 aromatic carbocycles. The number of methoxy groups -OCH3 is 1. The second-order valence-electron chi connectivity index (χ2n) is 8.00. The lowest BCUT2D eigenvalue weighted by Gasteiger charge is -2.19. The van der Waals surface area contributed by atoms with E-state index in [1.807, 2.05) is 36.4 Å². The zero-order valence-corrected chi connectivity index (χ0v) is 19.6. The first-order chi connectivity index (χ1) is 17.0. The molecule has 4 aromatic rings. The van der Waals surface area contributed by atoms with Gasteiger partial charge in [-0.15, -0.1) is 0 Å². The Bertz CT molecular complexity index is 1410. The predicted molar refractivity (Wildman–Crippen MR) is 132 cm³/mol. The summed E-state index contributed by atoms with van der Waals surface area (Å²) in [7, 11) is 1.48. The van der Waals surface area contributed by atoms with Crippen LogP contribution in [0.2, 0.25) is 5.02 Å². The van der Waals surface area contributed by atoms with E-state index in [-0.39, 0.29) is 5.56 Å². The van der Waals surface area contributed by atoms with Crippen LogP contribution in [0.4, 0.5) is 0 Å². The molecule has 1 unspecified atom stereocenters. The van der Waals surface area contributed by atoms with Crippen molar-refractivity contribution in [3.8, 4) is 5.75 Å². The van der Waals surface area contributed by atoms with Crippen LogP contribution in [-0.4, -0.2) is 36.3 Å². The second kappa shape index (κ2) is 9.64. The lowest BCUT2D eigenvalue weighted by molar-refractivity contribution is -0.136. The van der Waals surface area contributed by atoms with Gasteiger partial charge >= 0.3 is 5.97 Å². The van der Waals surface area contributed by atoms with Gasteiger partial charge in [0.1, 0.15) is 23.1 Å². The van der Waals surface area contributed by atoms with Crippen molar-refractivity contribution >= 4 is 40.0 Å². The van der Waals surface area contributed by atoms with Crippen LogP contribution in [0.5, 0.6) is 5.75 Å². The Hall–Kier alpha value is -4.10. The van der Waals surface area contributed by atoms with E-state index in [4.69, 9.17) is 25.5 Å². The number of furan rings is 1. The summed E-state index contributed by atoms with van der Waals surface area (Å²) in [5.41, 5.74) is 1.80. The quantitative estimate of drug-likeness (QED) is 0.328. The summed E-state index contributed by atoms with van der Waals surface area (Å²) in [5.74, 6) is -0.160. The maximum atomic E-state index is 13.1. The molecule has 5 rings (SSSR count). The number of amides is 1. The highest BCUT2D eigenvalue weighted by molar-refractivity contribution is 6.30. The molecule has 0 bridgehead atoms. The molecule has 0 saturated heterocycles. The van der Waals surface area contributed by atoms with E-state index in [1.54, 1.807) is 42.7 Å². The van der Waals surface area contributed by atoms with Crippen molar-refractivity contribution in [2.75, 3.05) is 13.7 Å². The average molecular weight is 489 g/mol. The van der Waals surface area contributed by atoms with Gasteiger partial charge in [-0.25, -0.2) is 9.80 Å². The molecule has 1 amide bonds. The molecule has 0 saturated carbocycles. The Morgan fingerprint density at radius 2 is 1.80 bits per heavy atom. The monoisotopic (exact) mass is 488 g/mol. The molecule has 1 atom stereocenters. The van der Waals surface area contributed by atoms with Crippen molar-refractivity contribution in [1.82, 2.24) is 5.01 Å². The minimum absolute atomic E-state index is 0.244. The topological polar surface area (TPSA) is 81.3 Å². The fourth-order valence-corrected chi connectivity index (χ4v) is 4.20. The molecular weight excluding hydrogens is 468 g/mol. The highest BCUT2D eigenvalue weighted by Crippen LogP contribution is 2.33. The van der Waals surface area contributed by atoms with Crippen molar-refractivity contribution in [1.29, 1.82) is 0 Å². The summed E-state index contributed by atoms with van der Waals surface area (Å²) in [5, 5.41) is 8.25. The molecular formula is C27H21ClN2O5. The zero-order valence-electron chi connectivity index (χ0n) is 18.8. The van der Waals surface area contributed by atoms with Crippen LogP contribution in [0.1, 0.15) is 34.1 Å². The normalized spacial score (nSPS) is 15.2. The molecule has 0 N–H and O–H groups in total. The molecule has 1 aliphatic heterocycles. The lowest BCUT2D eigenvalue weighted by Crippen LogP contribution is -2.31. The molecule has 8 heteroatoms. The highest BCUT2D eigenvalue weighted by atomic mass is 35.5. The Labute approximate surface area is 206 Å². The smallest absolute Gasteiger partial charge is 0.342 e. The van der Waals surface area contributed by atoms with Gasteiger partial charge in [0.25, 0.3) is 5.91 Å². The summed E-state index contributed by atoms with van der Waals surface area (Å²) >= 11 is 6.01. The zero-order chi connectivity index (χ0) is 24.4. The molecule has 35 heavy (non-hydrogen) atoms. The number of hydrogen-bond donors (Lipinski definition) is 0. The molecule has 176 valence electrons. The van der Waals surface area contributed by atoms with Gasteiger partial charge in [-0.3, -0.25) is 4.79 Å². The van der Waals surface area contributed by atoms with Gasteiger partial charge in [-0.1, -0.05) is 48.0 Å². The van der Waals surface area contributed by atoms with E-state index in [1.165, 1.54) is 12.1 Å². The maximum Gasteiger partial charge on any atom is 0.342 e. The minimum Gasteiger partial charge on any atom is -0.496 e. The second-order valence-corrected chi connectivity index (χ2v) is 8.44. The third-order valence-corrected chi connectivity index (χ3v) is 6.08. The third kappa shape index (κ3) is 4.63. The molecule has 2 heterocycles. The highest BCUT2D eigenvalue weighted by Gasteiger charge is 2.35. The Balaban J connectivity index is 1.36. The minimum atomic E-state index is -0.656. The molecule has 0 aliphatic carbocycles. The van der Waals surface area contributed by atoms with Gasteiger partial charge < -0.3 is 13.9 Å². The largest absolute Gasteiger partial charge is 0.496 e. The van der Waals surface area contributed by atoms with Gasteiger partial charge in [0, 0.05) is 11.4 Å². The van der Waals surface area contributed by atoms with Gasteiger partial charge in [0.05, 0.1) is 19.1 Å². The van der Waals surface area contributed by atoms with Crippen LogP contribution >= 0.6 is 11.6 Å². The van der Waals surface area contributed by atoms with E-state index in [9.17, 15) is 9.59 Å². The Morgan fingerprint density at radius 1 is 1.06 bits per heavy atom. The van der Waals surface area contributed by atoms with E-state index < -0.39 is 24.5 Å².